The number of amides is 1. The van der Waals surface area contributed by atoms with E-state index in [0.29, 0.717) is 17.9 Å². The highest BCUT2D eigenvalue weighted by Crippen LogP contribution is 2.22. The number of carbonyl (C=O) groups is 1. The average molecular weight is 304 g/mol. The van der Waals surface area contributed by atoms with Gasteiger partial charge in [0, 0.05) is 24.0 Å². The second kappa shape index (κ2) is 5.36. The van der Waals surface area contributed by atoms with Crippen molar-refractivity contribution in [3.8, 4) is 0 Å². The van der Waals surface area contributed by atoms with Crippen molar-refractivity contribution in [3.05, 3.63) is 23.2 Å². The zero-order chi connectivity index (χ0) is 14.0. The summed E-state index contributed by atoms with van der Waals surface area (Å²) in [4.78, 5) is 11.0. The maximum Gasteiger partial charge on any atom is 0.242 e. The molecule has 0 radical (unpaired) electrons. The third kappa shape index (κ3) is 3.37. The van der Waals surface area contributed by atoms with Gasteiger partial charge in [-0.05, 0) is 24.6 Å². The standard InChI is InChI=1S/C11H14ClN3O3S/c12-7-1-3-10(9(13)5-7)19(17,18)14-6-8-2-4-11(16)15-8/h1,3,5,8,14H,2,4,6,13H2,(H,15,16). The van der Waals surface area contributed by atoms with Crippen LogP contribution in [-0.4, -0.2) is 26.9 Å². The van der Waals surface area contributed by atoms with E-state index in [-0.39, 0.29) is 29.1 Å². The zero-order valence-corrected chi connectivity index (χ0v) is 11.6. The lowest BCUT2D eigenvalue weighted by atomic mass is 10.2. The summed E-state index contributed by atoms with van der Waals surface area (Å²) in [5.41, 5.74) is 5.73. The van der Waals surface area contributed by atoms with Crippen molar-refractivity contribution in [1.29, 1.82) is 0 Å². The van der Waals surface area contributed by atoms with Gasteiger partial charge >= 0.3 is 0 Å². The highest BCUT2D eigenvalue weighted by molar-refractivity contribution is 7.89. The fraction of sp³-hybridized carbons (Fsp3) is 0.364. The molecule has 19 heavy (non-hydrogen) atoms. The first kappa shape index (κ1) is 14.1. The number of nitrogens with two attached hydrogens (primary N) is 1. The summed E-state index contributed by atoms with van der Waals surface area (Å²) in [5, 5.41) is 3.06. The summed E-state index contributed by atoms with van der Waals surface area (Å²) in [5.74, 6) is -0.0600. The van der Waals surface area contributed by atoms with Gasteiger partial charge in [-0.1, -0.05) is 11.6 Å². The van der Waals surface area contributed by atoms with Gasteiger partial charge in [-0.3, -0.25) is 4.79 Å². The van der Waals surface area contributed by atoms with E-state index < -0.39 is 10.0 Å². The topological polar surface area (TPSA) is 101 Å². The Bertz CT molecular complexity index is 603. The van der Waals surface area contributed by atoms with Crippen LogP contribution >= 0.6 is 11.6 Å². The first-order valence-electron chi connectivity index (χ1n) is 5.72. The van der Waals surface area contributed by atoms with E-state index in [2.05, 4.69) is 10.0 Å². The molecule has 6 nitrogen and oxygen atoms in total. The lowest BCUT2D eigenvalue weighted by Gasteiger charge is -2.13. The van der Waals surface area contributed by atoms with Crippen molar-refractivity contribution < 1.29 is 13.2 Å². The maximum absolute atomic E-state index is 12.1. The minimum atomic E-state index is -3.70. The lowest BCUT2D eigenvalue weighted by Crippen LogP contribution is -2.38. The van der Waals surface area contributed by atoms with Crippen LogP contribution in [0.15, 0.2) is 23.1 Å². The molecule has 0 bridgehead atoms. The quantitative estimate of drug-likeness (QED) is 0.704. The number of rotatable bonds is 4. The molecule has 1 aromatic rings. The van der Waals surface area contributed by atoms with Gasteiger partial charge in [0.15, 0.2) is 0 Å². The van der Waals surface area contributed by atoms with E-state index in [0.717, 1.165) is 0 Å². The Hall–Kier alpha value is -1.31. The average Bonchev–Trinajstić information content (AvgIpc) is 2.72. The molecule has 0 aliphatic carbocycles. The van der Waals surface area contributed by atoms with Crippen LogP contribution < -0.4 is 15.8 Å². The van der Waals surface area contributed by atoms with E-state index >= 15 is 0 Å². The van der Waals surface area contributed by atoms with Crippen molar-refractivity contribution in [1.82, 2.24) is 10.0 Å². The van der Waals surface area contributed by atoms with Crippen molar-refractivity contribution in [2.75, 3.05) is 12.3 Å². The first-order valence-corrected chi connectivity index (χ1v) is 7.58. The van der Waals surface area contributed by atoms with Crippen LogP contribution in [-0.2, 0) is 14.8 Å². The second-order valence-electron chi connectivity index (χ2n) is 4.34. The van der Waals surface area contributed by atoms with E-state index in [9.17, 15) is 13.2 Å². The number of nitrogens with one attached hydrogen (secondary N) is 2. The van der Waals surface area contributed by atoms with Gasteiger partial charge in [0.25, 0.3) is 0 Å². The van der Waals surface area contributed by atoms with E-state index in [4.69, 9.17) is 17.3 Å². The van der Waals surface area contributed by atoms with Gasteiger partial charge in [-0.2, -0.15) is 0 Å². The Labute approximate surface area is 116 Å². The monoisotopic (exact) mass is 303 g/mol. The molecule has 1 aliphatic heterocycles. The maximum atomic E-state index is 12.1. The molecule has 0 saturated carbocycles. The molecule has 1 heterocycles. The molecule has 0 spiro atoms. The van der Waals surface area contributed by atoms with Crippen LogP contribution in [0.5, 0.6) is 0 Å². The van der Waals surface area contributed by atoms with Crippen LogP contribution in [0.25, 0.3) is 0 Å². The summed E-state index contributed by atoms with van der Waals surface area (Å²) in [7, 11) is -3.70. The predicted molar refractivity (Wildman–Crippen MR) is 72.2 cm³/mol. The molecule has 1 unspecified atom stereocenters. The van der Waals surface area contributed by atoms with Crippen LogP contribution in [0, 0.1) is 0 Å². The summed E-state index contributed by atoms with van der Waals surface area (Å²) in [6.07, 6.45) is 1.05. The van der Waals surface area contributed by atoms with Gasteiger partial charge in [0.05, 0.1) is 5.69 Å². The normalized spacial score (nSPS) is 19.4. The molecule has 104 valence electrons. The third-order valence-electron chi connectivity index (χ3n) is 2.87. The molecule has 1 fully saturated rings. The minimum absolute atomic E-state index is 0.0128. The molecule has 8 heteroatoms. The van der Waals surface area contributed by atoms with Crippen molar-refractivity contribution in [3.63, 3.8) is 0 Å². The molecule has 4 N–H and O–H groups in total. The highest BCUT2D eigenvalue weighted by Gasteiger charge is 2.24. The highest BCUT2D eigenvalue weighted by atomic mass is 35.5. The fourth-order valence-corrected chi connectivity index (χ4v) is 3.26. The Morgan fingerprint density at radius 3 is 2.79 bits per heavy atom. The second-order valence-corrected chi connectivity index (χ2v) is 6.51. The largest absolute Gasteiger partial charge is 0.398 e. The molecule has 1 aromatic carbocycles. The van der Waals surface area contributed by atoms with Crippen LogP contribution in [0.2, 0.25) is 5.02 Å². The SMILES string of the molecule is Nc1cc(Cl)ccc1S(=O)(=O)NCC1CCC(=O)N1. The number of carbonyl (C=O) groups excluding carboxylic acids is 1. The smallest absolute Gasteiger partial charge is 0.242 e. The first-order chi connectivity index (χ1) is 8.88. The van der Waals surface area contributed by atoms with Gasteiger partial charge in [0.1, 0.15) is 4.90 Å². The number of hydrogen-bond acceptors (Lipinski definition) is 4. The Balaban J connectivity index is 2.07. The lowest BCUT2D eigenvalue weighted by molar-refractivity contribution is -0.119. The fourth-order valence-electron chi connectivity index (χ4n) is 1.88. The van der Waals surface area contributed by atoms with E-state index in [1.54, 1.807) is 0 Å². The summed E-state index contributed by atoms with van der Waals surface area (Å²) < 4.78 is 26.5. The Kier molecular flexibility index (Phi) is 3.98. The number of hydrogen-bond donors (Lipinski definition) is 3. The molecule has 1 aliphatic rings. The third-order valence-corrected chi connectivity index (χ3v) is 4.60. The van der Waals surface area contributed by atoms with Gasteiger partial charge in [-0.15, -0.1) is 0 Å². The van der Waals surface area contributed by atoms with Gasteiger partial charge in [0.2, 0.25) is 15.9 Å². The molecule has 1 amide bonds. The van der Waals surface area contributed by atoms with Crippen molar-refractivity contribution in [2.45, 2.75) is 23.8 Å². The molecular formula is C11H14ClN3O3S. The van der Waals surface area contributed by atoms with E-state index in [1.807, 2.05) is 0 Å². The number of sulfonamides is 1. The summed E-state index contributed by atoms with van der Waals surface area (Å²) in [6.45, 7) is 0.149. The predicted octanol–water partition coefficient (Wildman–Crippen LogP) is 0.479. The van der Waals surface area contributed by atoms with E-state index in [1.165, 1.54) is 18.2 Å². The molecule has 0 aromatic heterocycles. The number of nitrogen functional groups attached to an aromatic ring is 1. The molecule has 2 rings (SSSR count). The van der Waals surface area contributed by atoms with Crippen LogP contribution in [0.3, 0.4) is 0 Å². The number of halogens is 1. The molecule has 1 atom stereocenters. The van der Waals surface area contributed by atoms with Crippen LogP contribution in [0.4, 0.5) is 5.69 Å². The van der Waals surface area contributed by atoms with Gasteiger partial charge < -0.3 is 11.1 Å². The molecule has 1 saturated heterocycles. The number of benzene rings is 1. The summed E-state index contributed by atoms with van der Waals surface area (Å²) >= 11 is 5.72. The van der Waals surface area contributed by atoms with Crippen molar-refractivity contribution in [2.24, 2.45) is 0 Å². The Morgan fingerprint density at radius 2 is 2.21 bits per heavy atom. The van der Waals surface area contributed by atoms with Crippen molar-refractivity contribution >= 4 is 33.2 Å². The van der Waals surface area contributed by atoms with Gasteiger partial charge in [-0.25, -0.2) is 13.1 Å². The molecular weight excluding hydrogens is 290 g/mol. The van der Waals surface area contributed by atoms with Crippen LogP contribution in [0.1, 0.15) is 12.8 Å². The summed E-state index contributed by atoms with van der Waals surface area (Å²) in [6, 6.07) is 4.03. The Morgan fingerprint density at radius 1 is 1.47 bits per heavy atom. The zero-order valence-electron chi connectivity index (χ0n) is 10.0. The minimum Gasteiger partial charge on any atom is -0.398 e. The number of anilines is 1.